The molecular weight excluding hydrogens is 378 g/mol. The first kappa shape index (κ1) is 19.5. The van der Waals surface area contributed by atoms with Crippen molar-refractivity contribution >= 4 is 44.4 Å². The summed E-state index contributed by atoms with van der Waals surface area (Å²) in [6, 6.07) is 11.3. The first-order valence-electron chi connectivity index (χ1n) is 8.80. The molecule has 0 aliphatic heterocycles. The number of benzene rings is 2. The normalized spacial score (nSPS) is 11.1. The molecule has 28 heavy (non-hydrogen) atoms. The van der Waals surface area contributed by atoms with Gasteiger partial charge in [-0.1, -0.05) is 23.5 Å². The number of esters is 1. The quantitative estimate of drug-likeness (QED) is 0.189. The Labute approximate surface area is 166 Å². The molecule has 0 unspecified atom stereocenters. The number of carbonyl (C=O) groups excluding carboxylic acids is 1. The summed E-state index contributed by atoms with van der Waals surface area (Å²) < 4.78 is 6.29. The third-order valence-electron chi connectivity index (χ3n) is 4.09. The van der Waals surface area contributed by atoms with Crippen LogP contribution in [0.3, 0.4) is 0 Å². The number of hydrogen-bond donors (Lipinski definition) is 0. The van der Waals surface area contributed by atoms with Gasteiger partial charge in [0.1, 0.15) is 5.75 Å². The maximum absolute atomic E-state index is 12.1. The zero-order chi connectivity index (χ0) is 20.1. The summed E-state index contributed by atoms with van der Waals surface area (Å²) in [6.45, 7) is 5.91. The smallest absolute Gasteiger partial charge is 0.336 e. The number of ether oxygens (including phenoxy) is 1. The fourth-order valence-corrected chi connectivity index (χ4v) is 3.76. The van der Waals surface area contributed by atoms with Crippen molar-refractivity contribution in [2.24, 2.45) is 0 Å². The van der Waals surface area contributed by atoms with Crippen LogP contribution in [0.15, 0.2) is 48.5 Å². The molecule has 0 spiro atoms. The van der Waals surface area contributed by atoms with Crippen molar-refractivity contribution in [1.82, 2.24) is 4.98 Å². The minimum absolute atomic E-state index is 0.0322. The molecule has 0 bridgehead atoms. The predicted octanol–water partition coefficient (Wildman–Crippen LogP) is 4.67. The minimum atomic E-state index is -0.556. The highest BCUT2D eigenvalue weighted by molar-refractivity contribution is 7.22. The van der Waals surface area contributed by atoms with E-state index in [0.717, 1.165) is 28.4 Å². The van der Waals surface area contributed by atoms with Crippen molar-refractivity contribution in [3.05, 3.63) is 64.2 Å². The number of thiazole rings is 1. The number of anilines is 1. The summed E-state index contributed by atoms with van der Waals surface area (Å²) in [4.78, 5) is 29.2. The van der Waals surface area contributed by atoms with Gasteiger partial charge in [0.2, 0.25) is 0 Å². The fourth-order valence-electron chi connectivity index (χ4n) is 2.64. The topological polar surface area (TPSA) is 85.6 Å². The van der Waals surface area contributed by atoms with E-state index < -0.39 is 10.9 Å². The molecule has 0 aliphatic carbocycles. The van der Waals surface area contributed by atoms with Gasteiger partial charge in [-0.05, 0) is 37.6 Å². The SMILES string of the molecule is CCN(CC)c1nc2ccc(OC(=O)/C=C/c3cccc([N+](=O)[O-])c3)cc2s1. The van der Waals surface area contributed by atoms with Crippen LogP contribution in [-0.4, -0.2) is 29.0 Å². The van der Waals surface area contributed by atoms with E-state index in [2.05, 4.69) is 23.7 Å². The van der Waals surface area contributed by atoms with Crippen molar-refractivity contribution in [3.63, 3.8) is 0 Å². The number of nitrogens with zero attached hydrogens (tertiary/aromatic N) is 3. The van der Waals surface area contributed by atoms with E-state index in [1.54, 1.807) is 35.6 Å². The molecule has 0 saturated heterocycles. The van der Waals surface area contributed by atoms with Gasteiger partial charge in [0.15, 0.2) is 5.13 Å². The zero-order valence-electron chi connectivity index (χ0n) is 15.5. The van der Waals surface area contributed by atoms with Crippen LogP contribution >= 0.6 is 11.3 Å². The largest absolute Gasteiger partial charge is 0.423 e. The molecule has 1 heterocycles. The van der Waals surface area contributed by atoms with E-state index >= 15 is 0 Å². The van der Waals surface area contributed by atoms with Crippen LogP contribution in [0.2, 0.25) is 0 Å². The standard InChI is InChI=1S/C20H19N3O4S/c1-3-22(4-2)20-21-17-10-9-16(13-18(17)28-20)27-19(24)11-8-14-6-5-7-15(12-14)23(25)26/h5-13H,3-4H2,1-2H3/b11-8+. The highest BCUT2D eigenvalue weighted by Gasteiger charge is 2.11. The molecule has 144 valence electrons. The Morgan fingerprint density at radius 3 is 2.75 bits per heavy atom. The highest BCUT2D eigenvalue weighted by Crippen LogP contribution is 2.31. The second-order valence-corrected chi connectivity index (χ2v) is 6.91. The molecule has 0 aliphatic rings. The summed E-state index contributed by atoms with van der Waals surface area (Å²) in [7, 11) is 0. The van der Waals surface area contributed by atoms with Gasteiger partial charge < -0.3 is 9.64 Å². The summed E-state index contributed by atoms with van der Waals surface area (Å²) in [5.41, 5.74) is 1.38. The van der Waals surface area contributed by atoms with Crippen LogP contribution in [0.25, 0.3) is 16.3 Å². The van der Waals surface area contributed by atoms with Crippen LogP contribution in [0, 0.1) is 10.1 Å². The molecule has 2 aromatic carbocycles. The van der Waals surface area contributed by atoms with Crippen LogP contribution in [0.5, 0.6) is 5.75 Å². The number of nitro groups is 1. The number of fused-ring (bicyclic) bond motifs is 1. The maximum atomic E-state index is 12.1. The lowest BCUT2D eigenvalue weighted by Crippen LogP contribution is -2.21. The minimum Gasteiger partial charge on any atom is -0.423 e. The monoisotopic (exact) mass is 397 g/mol. The lowest BCUT2D eigenvalue weighted by molar-refractivity contribution is -0.384. The van der Waals surface area contributed by atoms with Crippen molar-refractivity contribution < 1.29 is 14.5 Å². The van der Waals surface area contributed by atoms with Crippen LogP contribution < -0.4 is 9.64 Å². The van der Waals surface area contributed by atoms with E-state index in [4.69, 9.17) is 4.74 Å². The Hall–Kier alpha value is -3.26. The molecule has 0 amide bonds. The van der Waals surface area contributed by atoms with Gasteiger partial charge in [0.25, 0.3) is 5.69 Å². The maximum Gasteiger partial charge on any atom is 0.336 e. The van der Waals surface area contributed by atoms with Gasteiger partial charge in [-0.3, -0.25) is 10.1 Å². The molecule has 0 fully saturated rings. The number of carbonyl (C=O) groups is 1. The van der Waals surface area contributed by atoms with Crippen LogP contribution in [-0.2, 0) is 4.79 Å². The molecule has 7 nitrogen and oxygen atoms in total. The van der Waals surface area contributed by atoms with E-state index in [0.29, 0.717) is 11.3 Å². The van der Waals surface area contributed by atoms with Crippen LogP contribution in [0.1, 0.15) is 19.4 Å². The van der Waals surface area contributed by atoms with Crippen molar-refractivity contribution in [2.45, 2.75) is 13.8 Å². The summed E-state index contributed by atoms with van der Waals surface area (Å²) >= 11 is 1.55. The molecule has 8 heteroatoms. The number of aromatic nitrogens is 1. The Morgan fingerprint density at radius 2 is 2.04 bits per heavy atom. The molecule has 3 rings (SSSR count). The Bertz CT molecular complexity index is 1040. The second kappa shape index (κ2) is 8.62. The van der Waals surface area contributed by atoms with Crippen molar-refractivity contribution in [3.8, 4) is 5.75 Å². The van der Waals surface area contributed by atoms with Gasteiger partial charge >= 0.3 is 5.97 Å². The van der Waals surface area contributed by atoms with Gasteiger partial charge in [-0.2, -0.15) is 0 Å². The molecule has 0 radical (unpaired) electrons. The number of rotatable bonds is 7. The molecule has 0 atom stereocenters. The lowest BCUT2D eigenvalue weighted by Gasteiger charge is -2.16. The van der Waals surface area contributed by atoms with Gasteiger partial charge in [-0.15, -0.1) is 0 Å². The third kappa shape index (κ3) is 4.52. The summed E-state index contributed by atoms with van der Waals surface area (Å²) in [5, 5.41) is 11.7. The van der Waals surface area contributed by atoms with Gasteiger partial charge in [0.05, 0.1) is 15.1 Å². The zero-order valence-corrected chi connectivity index (χ0v) is 16.3. The molecule has 0 saturated carbocycles. The van der Waals surface area contributed by atoms with E-state index in [-0.39, 0.29) is 5.69 Å². The summed E-state index contributed by atoms with van der Waals surface area (Å²) in [5.74, 6) is -0.129. The Morgan fingerprint density at radius 1 is 1.25 bits per heavy atom. The van der Waals surface area contributed by atoms with Crippen molar-refractivity contribution in [1.29, 1.82) is 0 Å². The number of non-ortho nitro benzene ring substituents is 1. The first-order valence-corrected chi connectivity index (χ1v) is 9.61. The third-order valence-corrected chi connectivity index (χ3v) is 5.17. The number of hydrogen-bond acceptors (Lipinski definition) is 7. The van der Waals surface area contributed by atoms with Crippen LogP contribution in [0.4, 0.5) is 10.8 Å². The molecular formula is C20H19N3O4S. The lowest BCUT2D eigenvalue weighted by atomic mass is 10.2. The molecule has 1 aromatic heterocycles. The molecule has 3 aromatic rings. The fraction of sp³-hybridized carbons (Fsp3) is 0.200. The summed E-state index contributed by atoms with van der Waals surface area (Å²) in [6.07, 6.45) is 2.73. The highest BCUT2D eigenvalue weighted by atomic mass is 32.1. The molecule has 0 N–H and O–H groups in total. The van der Waals surface area contributed by atoms with Crippen molar-refractivity contribution in [2.75, 3.05) is 18.0 Å². The average Bonchev–Trinajstić information content (AvgIpc) is 3.10. The van der Waals surface area contributed by atoms with Gasteiger partial charge in [-0.25, -0.2) is 9.78 Å². The number of nitro benzene ring substituents is 1. The van der Waals surface area contributed by atoms with E-state index in [9.17, 15) is 14.9 Å². The Balaban J connectivity index is 1.72. The Kier molecular flexibility index (Phi) is 6.00. The van der Waals surface area contributed by atoms with E-state index in [1.165, 1.54) is 24.3 Å². The first-order chi connectivity index (χ1) is 13.5. The van der Waals surface area contributed by atoms with Gasteiger partial charge in [0, 0.05) is 37.4 Å². The average molecular weight is 397 g/mol. The second-order valence-electron chi connectivity index (χ2n) is 5.90. The predicted molar refractivity (Wildman–Crippen MR) is 111 cm³/mol. The van der Waals surface area contributed by atoms with E-state index in [1.807, 2.05) is 6.07 Å².